The van der Waals surface area contributed by atoms with Crippen LogP contribution in [0.4, 0.5) is 0 Å². The molecule has 1 saturated heterocycles. The molecule has 102 valence electrons. The normalized spacial score (nSPS) is 23.8. The summed E-state index contributed by atoms with van der Waals surface area (Å²) in [6.07, 6.45) is 3.98. The maximum Gasteiger partial charge on any atom is 0.152 e. The molecule has 0 radical (unpaired) electrons. The van der Waals surface area contributed by atoms with Gasteiger partial charge in [0, 0.05) is 6.20 Å². The Morgan fingerprint density at radius 1 is 1.53 bits per heavy atom. The minimum Gasteiger partial charge on any atom is -0.322 e. The number of hydrogen-bond donors (Lipinski definition) is 0. The maximum absolute atomic E-state index is 11.7. The minimum absolute atomic E-state index is 0.0754. The van der Waals surface area contributed by atoms with Gasteiger partial charge in [-0.3, -0.25) is 4.98 Å². The van der Waals surface area contributed by atoms with Crippen LogP contribution in [0.25, 0.3) is 11.0 Å². The third kappa shape index (κ3) is 2.23. The zero-order valence-corrected chi connectivity index (χ0v) is 12.0. The van der Waals surface area contributed by atoms with Gasteiger partial charge in [-0.05, 0) is 19.4 Å². The maximum atomic E-state index is 11.7. The van der Waals surface area contributed by atoms with E-state index in [9.17, 15) is 8.42 Å². The van der Waals surface area contributed by atoms with Crippen LogP contribution in [-0.4, -0.2) is 34.5 Å². The van der Waals surface area contributed by atoms with Crippen molar-refractivity contribution in [3.8, 4) is 0 Å². The van der Waals surface area contributed by atoms with E-state index in [1.54, 1.807) is 12.4 Å². The second-order valence-corrected chi connectivity index (χ2v) is 7.76. The van der Waals surface area contributed by atoms with Gasteiger partial charge < -0.3 is 4.57 Å². The third-order valence-corrected chi connectivity index (χ3v) is 5.39. The number of fused-ring (bicyclic) bond motifs is 1. The molecule has 1 aliphatic rings. The highest BCUT2D eigenvalue weighted by Crippen LogP contribution is 2.32. The molecule has 0 saturated carbocycles. The molecular weight excluding hydrogens is 286 g/mol. The van der Waals surface area contributed by atoms with Crippen molar-refractivity contribution in [1.82, 2.24) is 14.5 Å². The fourth-order valence-corrected chi connectivity index (χ4v) is 4.47. The number of nitrogens with zero attached hydrogens (tertiary/aromatic N) is 3. The molecule has 0 aliphatic carbocycles. The molecule has 2 atom stereocenters. The first kappa shape index (κ1) is 12.9. The van der Waals surface area contributed by atoms with Crippen LogP contribution in [0.1, 0.15) is 30.6 Å². The predicted molar refractivity (Wildman–Crippen MR) is 74.1 cm³/mol. The highest BCUT2D eigenvalue weighted by Gasteiger charge is 2.32. The first-order valence-electron chi connectivity index (χ1n) is 6.14. The predicted octanol–water partition coefficient (Wildman–Crippen LogP) is 2.09. The molecule has 5 nitrogen and oxygen atoms in total. The molecule has 19 heavy (non-hydrogen) atoms. The number of imidazole rings is 1. The Balaban J connectivity index is 2.18. The molecule has 7 heteroatoms. The van der Waals surface area contributed by atoms with Crippen LogP contribution in [0.15, 0.2) is 18.5 Å². The van der Waals surface area contributed by atoms with E-state index in [0.29, 0.717) is 12.2 Å². The number of pyridine rings is 1. The highest BCUT2D eigenvalue weighted by molar-refractivity contribution is 7.91. The van der Waals surface area contributed by atoms with Crippen molar-refractivity contribution in [2.75, 3.05) is 11.5 Å². The van der Waals surface area contributed by atoms with Crippen molar-refractivity contribution in [1.29, 1.82) is 0 Å². The van der Waals surface area contributed by atoms with E-state index < -0.39 is 9.84 Å². The molecular formula is C12H14ClN3O2S. The molecule has 3 heterocycles. The van der Waals surface area contributed by atoms with Crippen molar-refractivity contribution in [2.24, 2.45) is 0 Å². The van der Waals surface area contributed by atoms with Crippen LogP contribution in [0.5, 0.6) is 0 Å². The molecule has 1 aliphatic heterocycles. The average Bonchev–Trinajstić information content (AvgIpc) is 2.89. The van der Waals surface area contributed by atoms with Crippen LogP contribution in [-0.2, 0) is 9.84 Å². The van der Waals surface area contributed by atoms with E-state index in [0.717, 1.165) is 11.0 Å². The van der Waals surface area contributed by atoms with Gasteiger partial charge in [0.1, 0.15) is 11.3 Å². The van der Waals surface area contributed by atoms with Crippen LogP contribution in [0.2, 0.25) is 0 Å². The van der Waals surface area contributed by atoms with Crippen LogP contribution < -0.4 is 0 Å². The van der Waals surface area contributed by atoms with Gasteiger partial charge in [-0.1, -0.05) is 0 Å². The Hall–Kier alpha value is -1.14. The van der Waals surface area contributed by atoms with E-state index in [1.807, 2.05) is 17.6 Å². The number of aromatic nitrogens is 3. The number of hydrogen-bond acceptors (Lipinski definition) is 4. The molecule has 0 bridgehead atoms. The Bertz CT molecular complexity index is 724. The number of alkyl halides is 1. The smallest absolute Gasteiger partial charge is 0.152 e. The van der Waals surface area contributed by atoms with Crippen molar-refractivity contribution in [3.05, 3.63) is 24.3 Å². The fraction of sp³-hybridized carbons (Fsp3) is 0.500. The lowest BCUT2D eigenvalue weighted by Crippen LogP contribution is -2.14. The van der Waals surface area contributed by atoms with Crippen molar-refractivity contribution >= 4 is 32.5 Å². The van der Waals surface area contributed by atoms with Crippen molar-refractivity contribution in [2.45, 2.75) is 24.8 Å². The summed E-state index contributed by atoms with van der Waals surface area (Å²) in [5.74, 6) is 1.11. The van der Waals surface area contributed by atoms with E-state index in [1.165, 1.54) is 0 Å². The number of rotatable bonds is 2. The van der Waals surface area contributed by atoms with E-state index in [-0.39, 0.29) is 22.9 Å². The molecule has 2 aromatic heterocycles. The summed E-state index contributed by atoms with van der Waals surface area (Å²) in [5, 5.41) is -0.268. The summed E-state index contributed by atoms with van der Waals surface area (Å²) < 4.78 is 25.3. The van der Waals surface area contributed by atoms with Gasteiger partial charge in [-0.25, -0.2) is 13.4 Å². The average molecular weight is 300 g/mol. The van der Waals surface area contributed by atoms with Crippen molar-refractivity contribution in [3.63, 3.8) is 0 Å². The molecule has 0 aromatic carbocycles. The molecule has 0 spiro atoms. The summed E-state index contributed by atoms with van der Waals surface area (Å²) in [4.78, 5) is 8.52. The van der Waals surface area contributed by atoms with Gasteiger partial charge in [-0.15, -0.1) is 11.6 Å². The van der Waals surface area contributed by atoms with Gasteiger partial charge in [0.25, 0.3) is 0 Å². The van der Waals surface area contributed by atoms with Gasteiger partial charge in [-0.2, -0.15) is 0 Å². The van der Waals surface area contributed by atoms with Crippen LogP contribution >= 0.6 is 11.6 Å². The zero-order valence-electron chi connectivity index (χ0n) is 10.5. The molecule has 1 fully saturated rings. The second-order valence-electron chi connectivity index (χ2n) is 4.88. The molecule has 0 amide bonds. The van der Waals surface area contributed by atoms with Crippen LogP contribution in [0, 0.1) is 0 Å². The Morgan fingerprint density at radius 2 is 2.32 bits per heavy atom. The van der Waals surface area contributed by atoms with E-state index in [2.05, 4.69) is 9.97 Å². The van der Waals surface area contributed by atoms with Crippen molar-refractivity contribution < 1.29 is 8.42 Å². The Morgan fingerprint density at radius 3 is 2.95 bits per heavy atom. The Labute approximate surface area is 116 Å². The largest absolute Gasteiger partial charge is 0.322 e. The summed E-state index contributed by atoms with van der Waals surface area (Å²) in [6, 6.07) is 1.78. The topological polar surface area (TPSA) is 64.8 Å². The molecule has 2 unspecified atom stereocenters. The second kappa shape index (κ2) is 4.45. The highest BCUT2D eigenvalue weighted by atomic mass is 35.5. The van der Waals surface area contributed by atoms with Gasteiger partial charge in [0.2, 0.25) is 0 Å². The minimum atomic E-state index is -2.94. The van der Waals surface area contributed by atoms with Gasteiger partial charge >= 0.3 is 0 Å². The lowest BCUT2D eigenvalue weighted by molar-refractivity contribution is 0.545. The van der Waals surface area contributed by atoms with Gasteiger partial charge in [0.15, 0.2) is 9.84 Å². The van der Waals surface area contributed by atoms with Crippen LogP contribution in [0.3, 0.4) is 0 Å². The molecule has 0 N–H and O–H groups in total. The number of sulfone groups is 1. The van der Waals surface area contributed by atoms with E-state index in [4.69, 9.17) is 11.6 Å². The lowest BCUT2D eigenvalue weighted by Gasteiger charge is -2.16. The Kier molecular flexibility index (Phi) is 3.02. The third-order valence-electron chi connectivity index (χ3n) is 3.45. The molecule has 2 aromatic rings. The summed E-state index contributed by atoms with van der Waals surface area (Å²) in [6.45, 7) is 1.84. The lowest BCUT2D eigenvalue weighted by atomic mass is 10.2. The summed E-state index contributed by atoms with van der Waals surface area (Å²) in [5.41, 5.74) is 1.66. The quantitative estimate of drug-likeness (QED) is 0.797. The monoisotopic (exact) mass is 299 g/mol. The SMILES string of the molecule is CC(Cl)c1nc2cnccc2n1C1CCS(=O)(=O)C1. The first-order chi connectivity index (χ1) is 8.98. The first-order valence-corrected chi connectivity index (χ1v) is 8.40. The zero-order chi connectivity index (χ0) is 13.6. The van der Waals surface area contributed by atoms with Gasteiger partial charge in [0.05, 0.1) is 34.6 Å². The summed E-state index contributed by atoms with van der Waals surface area (Å²) in [7, 11) is -2.94. The standard InChI is InChI=1S/C12H14ClN3O2S/c1-8(13)12-15-10-6-14-4-2-11(10)16(12)9-3-5-19(17,18)7-9/h2,4,6,8-9H,3,5,7H2,1H3. The summed E-state index contributed by atoms with van der Waals surface area (Å²) >= 11 is 6.18. The number of halogens is 1. The van der Waals surface area contributed by atoms with E-state index >= 15 is 0 Å². The molecule has 3 rings (SSSR count). The fourth-order valence-electron chi connectivity index (χ4n) is 2.61.